The summed E-state index contributed by atoms with van der Waals surface area (Å²) >= 11 is 0. The number of nitrogens with zero attached hydrogens (tertiary/aromatic N) is 4. The van der Waals surface area contributed by atoms with Crippen LogP contribution in [0.5, 0.6) is 0 Å². The zero-order valence-corrected chi connectivity index (χ0v) is 27.0. The first-order chi connectivity index (χ1) is 24.8. The van der Waals surface area contributed by atoms with Crippen molar-refractivity contribution in [3.8, 4) is 51.0 Å². The van der Waals surface area contributed by atoms with Crippen molar-refractivity contribution in [3.63, 3.8) is 0 Å². The van der Waals surface area contributed by atoms with Gasteiger partial charge in [-0.2, -0.15) is 0 Å². The summed E-state index contributed by atoms with van der Waals surface area (Å²) in [4.78, 5) is 18.7. The SMILES string of the molecule is c1ccc(-c2nc(-c3ccccc3)nc(-c3cccc4[nH]c5ccc(-c6ccc7c(c6)c6ccccc6n7-c6ccccc6)cc5c34)n2)cc1. The van der Waals surface area contributed by atoms with Gasteiger partial charge < -0.3 is 9.55 Å². The number of hydrogen-bond acceptors (Lipinski definition) is 3. The Kier molecular flexibility index (Phi) is 6.42. The number of nitrogens with one attached hydrogen (secondary N) is 1. The molecule has 0 aliphatic carbocycles. The van der Waals surface area contributed by atoms with Crippen LogP contribution in [0.25, 0.3) is 94.6 Å². The first-order valence-corrected chi connectivity index (χ1v) is 16.8. The van der Waals surface area contributed by atoms with Crippen molar-refractivity contribution in [2.45, 2.75) is 0 Å². The quantitative estimate of drug-likeness (QED) is 0.204. The van der Waals surface area contributed by atoms with Gasteiger partial charge in [-0.25, -0.2) is 15.0 Å². The second kappa shape index (κ2) is 11.4. The molecule has 0 bridgehead atoms. The fraction of sp³-hybridized carbons (Fsp3) is 0. The lowest BCUT2D eigenvalue weighted by atomic mass is 9.99. The number of H-pyrrole nitrogens is 1. The number of rotatable bonds is 5. The molecule has 3 heterocycles. The van der Waals surface area contributed by atoms with Gasteiger partial charge in [-0.15, -0.1) is 0 Å². The third-order valence-electron chi connectivity index (χ3n) is 9.58. The van der Waals surface area contributed by atoms with Crippen molar-refractivity contribution in [2.75, 3.05) is 0 Å². The summed E-state index contributed by atoms with van der Waals surface area (Å²) in [5, 5.41) is 4.69. The first-order valence-electron chi connectivity index (χ1n) is 16.8. The number of para-hydroxylation sites is 2. The van der Waals surface area contributed by atoms with Crippen molar-refractivity contribution in [1.82, 2.24) is 24.5 Å². The van der Waals surface area contributed by atoms with Gasteiger partial charge in [0.1, 0.15) is 0 Å². The summed E-state index contributed by atoms with van der Waals surface area (Å²) in [5.41, 5.74) is 10.8. The predicted molar refractivity (Wildman–Crippen MR) is 205 cm³/mol. The minimum Gasteiger partial charge on any atom is -0.354 e. The molecule has 3 aromatic heterocycles. The average Bonchev–Trinajstić information content (AvgIpc) is 3.74. The summed E-state index contributed by atoms with van der Waals surface area (Å²) in [6.07, 6.45) is 0. The highest BCUT2D eigenvalue weighted by Gasteiger charge is 2.18. The Labute approximate surface area is 288 Å². The maximum Gasteiger partial charge on any atom is 0.164 e. The molecule has 5 heteroatoms. The van der Waals surface area contributed by atoms with Crippen molar-refractivity contribution in [3.05, 3.63) is 170 Å². The van der Waals surface area contributed by atoms with Crippen molar-refractivity contribution in [1.29, 1.82) is 0 Å². The summed E-state index contributed by atoms with van der Waals surface area (Å²) in [6, 6.07) is 59.3. The molecule has 0 saturated heterocycles. The van der Waals surface area contributed by atoms with Crippen LogP contribution in [0, 0.1) is 0 Å². The van der Waals surface area contributed by atoms with E-state index in [0.29, 0.717) is 17.5 Å². The molecule has 0 atom stereocenters. The fourth-order valence-electron chi connectivity index (χ4n) is 7.25. The maximum absolute atomic E-state index is 5.07. The van der Waals surface area contributed by atoms with Gasteiger partial charge >= 0.3 is 0 Å². The summed E-state index contributed by atoms with van der Waals surface area (Å²) in [5.74, 6) is 1.94. The molecular formula is C45H29N5. The largest absolute Gasteiger partial charge is 0.354 e. The minimum atomic E-state index is 0.643. The highest BCUT2D eigenvalue weighted by Crippen LogP contribution is 2.39. The van der Waals surface area contributed by atoms with Crippen molar-refractivity contribution in [2.24, 2.45) is 0 Å². The van der Waals surface area contributed by atoms with E-state index in [1.807, 2.05) is 60.7 Å². The number of aromatic nitrogens is 5. The van der Waals surface area contributed by atoms with Gasteiger partial charge in [-0.05, 0) is 59.7 Å². The van der Waals surface area contributed by atoms with E-state index in [4.69, 9.17) is 15.0 Å². The molecule has 7 aromatic carbocycles. The molecule has 0 aliphatic heterocycles. The molecule has 0 radical (unpaired) electrons. The van der Waals surface area contributed by atoms with Crippen LogP contribution in [-0.4, -0.2) is 24.5 Å². The van der Waals surface area contributed by atoms with Gasteiger partial charge in [0.15, 0.2) is 17.5 Å². The zero-order valence-electron chi connectivity index (χ0n) is 27.0. The Morgan fingerprint density at radius 2 is 0.960 bits per heavy atom. The molecule has 0 amide bonds. The van der Waals surface area contributed by atoms with Crippen LogP contribution >= 0.6 is 0 Å². The zero-order chi connectivity index (χ0) is 33.0. The van der Waals surface area contributed by atoms with E-state index in [1.165, 1.54) is 27.4 Å². The molecule has 0 unspecified atom stereocenters. The summed E-state index contributed by atoms with van der Waals surface area (Å²) < 4.78 is 2.35. The van der Waals surface area contributed by atoms with Gasteiger partial charge in [0.25, 0.3) is 0 Å². The smallest absolute Gasteiger partial charge is 0.164 e. The Balaban J connectivity index is 1.16. The highest BCUT2D eigenvalue weighted by molar-refractivity contribution is 6.15. The molecule has 1 N–H and O–H groups in total. The lowest BCUT2D eigenvalue weighted by molar-refractivity contribution is 1.08. The second-order valence-electron chi connectivity index (χ2n) is 12.6. The molecule has 0 fully saturated rings. The van der Waals surface area contributed by atoms with Crippen LogP contribution in [0.2, 0.25) is 0 Å². The Morgan fingerprint density at radius 3 is 1.68 bits per heavy atom. The standard InChI is InChI=1S/C45H29N5/c1-4-13-29(14-5-1)43-47-44(30-15-6-2-7-16-30)49-45(48-43)35-20-12-21-39-42(35)37-28-31(23-25-38(37)46-39)32-24-26-41-36(27-32)34-19-10-11-22-40(34)50(41)33-17-8-3-9-18-33/h1-28,46H. The molecule has 5 nitrogen and oxygen atoms in total. The minimum absolute atomic E-state index is 0.643. The van der Waals surface area contributed by atoms with Gasteiger partial charge in [0.05, 0.1) is 11.0 Å². The van der Waals surface area contributed by atoms with E-state index >= 15 is 0 Å². The van der Waals surface area contributed by atoms with Gasteiger partial charge in [0.2, 0.25) is 0 Å². The van der Waals surface area contributed by atoms with Crippen molar-refractivity contribution < 1.29 is 0 Å². The first kappa shape index (κ1) is 28.2. The number of benzene rings is 7. The van der Waals surface area contributed by atoms with E-state index in [9.17, 15) is 0 Å². The molecular weight excluding hydrogens is 611 g/mol. The van der Waals surface area contributed by atoms with E-state index in [-0.39, 0.29) is 0 Å². The Hall–Kier alpha value is -6.85. The van der Waals surface area contributed by atoms with Gasteiger partial charge in [-0.3, -0.25) is 0 Å². The maximum atomic E-state index is 5.07. The van der Waals surface area contributed by atoms with Crippen LogP contribution in [-0.2, 0) is 0 Å². The van der Waals surface area contributed by atoms with Crippen LogP contribution < -0.4 is 0 Å². The third kappa shape index (κ3) is 4.60. The molecule has 10 aromatic rings. The Bertz CT molecular complexity index is 2800. The van der Waals surface area contributed by atoms with Crippen LogP contribution in [0.3, 0.4) is 0 Å². The van der Waals surface area contributed by atoms with E-state index in [0.717, 1.165) is 49.7 Å². The van der Waals surface area contributed by atoms with Crippen molar-refractivity contribution >= 4 is 43.6 Å². The van der Waals surface area contributed by atoms with Gasteiger partial charge in [0, 0.05) is 55.0 Å². The van der Waals surface area contributed by atoms with Crippen LogP contribution in [0.15, 0.2) is 170 Å². The monoisotopic (exact) mass is 639 g/mol. The van der Waals surface area contributed by atoms with E-state index < -0.39 is 0 Å². The summed E-state index contributed by atoms with van der Waals surface area (Å²) in [7, 11) is 0. The number of fused-ring (bicyclic) bond motifs is 6. The highest BCUT2D eigenvalue weighted by atomic mass is 15.0. The summed E-state index contributed by atoms with van der Waals surface area (Å²) in [6.45, 7) is 0. The fourth-order valence-corrected chi connectivity index (χ4v) is 7.25. The molecule has 0 spiro atoms. The lowest BCUT2D eigenvalue weighted by Crippen LogP contribution is -2.00. The van der Waals surface area contributed by atoms with E-state index in [2.05, 4.69) is 119 Å². The molecule has 234 valence electrons. The van der Waals surface area contributed by atoms with E-state index in [1.54, 1.807) is 0 Å². The van der Waals surface area contributed by atoms with Gasteiger partial charge in [-0.1, -0.05) is 121 Å². The normalized spacial score (nSPS) is 11.6. The predicted octanol–water partition coefficient (Wildman–Crippen LogP) is 11.3. The number of hydrogen-bond donors (Lipinski definition) is 1. The Morgan fingerprint density at radius 1 is 0.380 bits per heavy atom. The van der Waals surface area contributed by atoms with Crippen LogP contribution in [0.1, 0.15) is 0 Å². The molecule has 50 heavy (non-hydrogen) atoms. The van der Waals surface area contributed by atoms with Crippen LogP contribution in [0.4, 0.5) is 0 Å². The molecule has 0 saturated carbocycles. The second-order valence-corrected chi connectivity index (χ2v) is 12.6. The third-order valence-corrected chi connectivity index (χ3v) is 9.58. The average molecular weight is 640 g/mol. The molecule has 0 aliphatic rings. The topological polar surface area (TPSA) is 59.4 Å². The number of aromatic amines is 1. The lowest BCUT2D eigenvalue weighted by Gasteiger charge is -2.10. The molecule has 10 rings (SSSR count).